The maximum atomic E-state index is 11.7. The van der Waals surface area contributed by atoms with Crippen molar-refractivity contribution in [3.63, 3.8) is 0 Å². The van der Waals surface area contributed by atoms with Gasteiger partial charge in [-0.25, -0.2) is 0 Å². The second kappa shape index (κ2) is 4.33. The maximum Gasteiger partial charge on any atom is 0.228 e. The molecule has 2 rings (SSSR count). The van der Waals surface area contributed by atoms with Gasteiger partial charge in [-0.05, 0) is 47.2 Å². The average molecular weight is 333 g/mol. The van der Waals surface area contributed by atoms with Crippen LogP contribution in [0.15, 0.2) is 18.2 Å². The van der Waals surface area contributed by atoms with E-state index in [1.54, 1.807) is 0 Å². The standard InChI is InChI=1S/C11H12INOS/c1-7-2-3-8(12)4-10(7)13-6-9(15)5-11(13)14/h2-4,9,15H,5-6H2,1H3. The van der Waals surface area contributed by atoms with Crippen molar-refractivity contribution in [1.82, 2.24) is 0 Å². The first-order valence-electron chi connectivity index (χ1n) is 4.82. The van der Waals surface area contributed by atoms with Gasteiger partial charge in [0.05, 0.1) is 0 Å². The lowest BCUT2D eigenvalue weighted by atomic mass is 10.2. The first-order valence-corrected chi connectivity index (χ1v) is 6.42. The molecular formula is C11H12INOS. The molecule has 4 heteroatoms. The minimum atomic E-state index is 0.176. The average Bonchev–Trinajstić information content (AvgIpc) is 2.50. The number of anilines is 1. The second-order valence-corrected chi connectivity index (χ2v) is 5.77. The highest BCUT2D eigenvalue weighted by Crippen LogP contribution is 2.28. The van der Waals surface area contributed by atoms with E-state index >= 15 is 0 Å². The number of halogens is 1. The van der Waals surface area contributed by atoms with Crippen LogP contribution in [0.25, 0.3) is 0 Å². The van der Waals surface area contributed by atoms with E-state index in [2.05, 4.69) is 53.4 Å². The number of nitrogens with zero attached hydrogens (tertiary/aromatic N) is 1. The molecule has 0 N–H and O–H groups in total. The third-order valence-corrected chi connectivity index (χ3v) is 3.58. The number of benzene rings is 1. The molecule has 1 aromatic rings. The van der Waals surface area contributed by atoms with Crippen LogP contribution in [0.2, 0.25) is 0 Å². The molecule has 2 nitrogen and oxygen atoms in total. The number of carbonyl (C=O) groups excluding carboxylic acids is 1. The molecule has 1 unspecified atom stereocenters. The fraction of sp³-hybridized carbons (Fsp3) is 0.364. The molecule has 1 aliphatic rings. The van der Waals surface area contributed by atoms with Crippen molar-refractivity contribution in [2.45, 2.75) is 18.6 Å². The summed E-state index contributed by atoms with van der Waals surface area (Å²) in [4.78, 5) is 13.6. The van der Waals surface area contributed by atoms with Gasteiger partial charge in [0.15, 0.2) is 0 Å². The summed E-state index contributed by atoms with van der Waals surface area (Å²) in [5.41, 5.74) is 2.18. The monoisotopic (exact) mass is 333 g/mol. The van der Waals surface area contributed by atoms with Crippen LogP contribution in [0.1, 0.15) is 12.0 Å². The van der Waals surface area contributed by atoms with E-state index in [1.807, 2.05) is 11.8 Å². The van der Waals surface area contributed by atoms with Crippen molar-refractivity contribution in [3.8, 4) is 0 Å². The van der Waals surface area contributed by atoms with Gasteiger partial charge >= 0.3 is 0 Å². The smallest absolute Gasteiger partial charge is 0.228 e. The Morgan fingerprint density at radius 3 is 2.87 bits per heavy atom. The molecule has 0 saturated carbocycles. The summed E-state index contributed by atoms with van der Waals surface area (Å²) < 4.78 is 1.16. The molecule has 15 heavy (non-hydrogen) atoms. The number of thiol groups is 1. The van der Waals surface area contributed by atoms with Crippen molar-refractivity contribution in [1.29, 1.82) is 0 Å². The normalized spacial score (nSPS) is 21.1. The molecule has 1 saturated heterocycles. The Morgan fingerprint density at radius 2 is 2.27 bits per heavy atom. The number of hydrogen-bond donors (Lipinski definition) is 1. The van der Waals surface area contributed by atoms with E-state index in [9.17, 15) is 4.79 Å². The number of aryl methyl sites for hydroxylation is 1. The molecule has 1 amide bonds. The predicted octanol–water partition coefficient (Wildman–Crippen LogP) is 2.63. The molecule has 0 bridgehead atoms. The Balaban J connectivity index is 2.37. The SMILES string of the molecule is Cc1ccc(I)cc1N1CC(S)CC1=O. The third kappa shape index (κ3) is 2.30. The second-order valence-electron chi connectivity index (χ2n) is 3.79. The number of amides is 1. The molecule has 0 aliphatic carbocycles. The van der Waals surface area contributed by atoms with E-state index in [4.69, 9.17) is 0 Å². The molecular weight excluding hydrogens is 321 g/mol. The molecule has 1 aliphatic heterocycles. The Labute approximate surface area is 109 Å². The first kappa shape index (κ1) is 11.3. The molecule has 1 aromatic carbocycles. The summed E-state index contributed by atoms with van der Waals surface area (Å²) in [5, 5.41) is 0.176. The molecule has 0 aromatic heterocycles. The van der Waals surface area contributed by atoms with Crippen LogP contribution in [0.4, 0.5) is 5.69 Å². The Morgan fingerprint density at radius 1 is 1.53 bits per heavy atom. The highest BCUT2D eigenvalue weighted by Gasteiger charge is 2.29. The van der Waals surface area contributed by atoms with Crippen molar-refractivity contribution in [3.05, 3.63) is 27.3 Å². The van der Waals surface area contributed by atoms with Crippen LogP contribution < -0.4 is 4.90 Å². The lowest BCUT2D eigenvalue weighted by Gasteiger charge is -2.18. The minimum Gasteiger partial charge on any atom is -0.311 e. The summed E-state index contributed by atoms with van der Waals surface area (Å²) in [6.07, 6.45) is 0.550. The Kier molecular flexibility index (Phi) is 3.25. The summed E-state index contributed by atoms with van der Waals surface area (Å²) in [6.45, 7) is 2.76. The first-order chi connectivity index (χ1) is 7.08. The van der Waals surface area contributed by atoms with Crippen molar-refractivity contribution < 1.29 is 4.79 Å². The Hall–Kier alpha value is -0.230. The van der Waals surface area contributed by atoms with Gasteiger partial charge in [0, 0.05) is 27.5 Å². The summed E-state index contributed by atoms with van der Waals surface area (Å²) in [5.74, 6) is 0.181. The van der Waals surface area contributed by atoms with E-state index in [-0.39, 0.29) is 11.2 Å². The number of hydrogen-bond acceptors (Lipinski definition) is 2. The van der Waals surface area contributed by atoms with E-state index in [0.29, 0.717) is 6.42 Å². The molecule has 0 radical (unpaired) electrons. The van der Waals surface area contributed by atoms with Crippen molar-refractivity contribution in [2.24, 2.45) is 0 Å². The zero-order valence-electron chi connectivity index (χ0n) is 8.40. The Bertz CT molecular complexity index is 408. The fourth-order valence-corrected chi connectivity index (χ4v) is 2.59. The fourth-order valence-electron chi connectivity index (χ4n) is 1.79. The van der Waals surface area contributed by atoms with Crippen molar-refractivity contribution >= 4 is 46.8 Å². The van der Waals surface area contributed by atoms with Gasteiger partial charge < -0.3 is 4.90 Å². The van der Waals surface area contributed by atoms with Gasteiger partial charge in [-0.15, -0.1) is 0 Å². The van der Waals surface area contributed by atoms with Crippen LogP contribution in [-0.2, 0) is 4.79 Å². The van der Waals surface area contributed by atoms with Crippen LogP contribution in [0.3, 0.4) is 0 Å². The highest BCUT2D eigenvalue weighted by atomic mass is 127. The largest absolute Gasteiger partial charge is 0.311 e. The molecule has 0 spiro atoms. The lowest BCUT2D eigenvalue weighted by Crippen LogP contribution is -2.25. The van der Waals surface area contributed by atoms with Gasteiger partial charge in [0.1, 0.15) is 0 Å². The summed E-state index contributed by atoms with van der Waals surface area (Å²) >= 11 is 6.62. The number of carbonyl (C=O) groups is 1. The van der Waals surface area contributed by atoms with Gasteiger partial charge in [-0.1, -0.05) is 6.07 Å². The van der Waals surface area contributed by atoms with Crippen LogP contribution in [-0.4, -0.2) is 17.7 Å². The van der Waals surface area contributed by atoms with E-state index < -0.39 is 0 Å². The number of rotatable bonds is 1. The molecule has 1 fully saturated rings. The third-order valence-electron chi connectivity index (χ3n) is 2.57. The van der Waals surface area contributed by atoms with Crippen molar-refractivity contribution in [2.75, 3.05) is 11.4 Å². The van der Waals surface area contributed by atoms with Crippen LogP contribution in [0.5, 0.6) is 0 Å². The zero-order chi connectivity index (χ0) is 11.0. The van der Waals surface area contributed by atoms with E-state index in [1.165, 1.54) is 0 Å². The van der Waals surface area contributed by atoms with Gasteiger partial charge in [0.2, 0.25) is 5.91 Å². The molecule has 1 heterocycles. The molecule has 80 valence electrons. The maximum absolute atomic E-state index is 11.7. The summed E-state index contributed by atoms with van der Waals surface area (Å²) in [6, 6.07) is 6.16. The lowest BCUT2D eigenvalue weighted by molar-refractivity contribution is -0.117. The van der Waals surface area contributed by atoms with Crippen LogP contribution in [0, 0.1) is 10.5 Å². The quantitative estimate of drug-likeness (QED) is 0.619. The van der Waals surface area contributed by atoms with Gasteiger partial charge in [-0.2, -0.15) is 12.6 Å². The minimum absolute atomic E-state index is 0.176. The van der Waals surface area contributed by atoms with Gasteiger partial charge in [0.25, 0.3) is 0 Å². The van der Waals surface area contributed by atoms with Gasteiger partial charge in [-0.3, -0.25) is 4.79 Å². The topological polar surface area (TPSA) is 20.3 Å². The van der Waals surface area contributed by atoms with Crippen LogP contribution >= 0.6 is 35.2 Å². The summed E-state index contributed by atoms with van der Waals surface area (Å²) in [7, 11) is 0. The van der Waals surface area contributed by atoms with E-state index in [0.717, 1.165) is 21.4 Å². The highest BCUT2D eigenvalue weighted by molar-refractivity contribution is 14.1. The zero-order valence-corrected chi connectivity index (χ0v) is 11.5. The predicted molar refractivity (Wildman–Crippen MR) is 73.6 cm³/mol. The molecule has 1 atom stereocenters.